The van der Waals surface area contributed by atoms with E-state index < -0.39 is 14.5 Å². The Bertz CT molecular complexity index is 631. The number of nitrogens with zero attached hydrogens (tertiary/aromatic N) is 2. The van der Waals surface area contributed by atoms with E-state index in [1.807, 2.05) is 78.9 Å². The summed E-state index contributed by atoms with van der Waals surface area (Å²) in [6, 6.07) is 9.06. The minimum atomic E-state index is -1.26. The molecule has 0 radical (unpaired) electrons. The van der Waals surface area contributed by atoms with Gasteiger partial charge in [0.2, 0.25) is 6.33 Å². The fourth-order valence-electron chi connectivity index (χ4n) is 1.82. The van der Waals surface area contributed by atoms with Crippen LogP contribution in [-0.2, 0) is 16.6 Å². The van der Waals surface area contributed by atoms with Crippen LogP contribution < -0.4 is 14.2 Å². The zero-order chi connectivity index (χ0) is 16.8. The predicted molar refractivity (Wildman–Crippen MR) is 88.8 cm³/mol. The van der Waals surface area contributed by atoms with E-state index in [-0.39, 0.29) is 12.1 Å². The Balaban J connectivity index is 2.12. The number of carbonyl (C=O) groups is 1. The molecule has 0 saturated heterocycles. The molecule has 7 heteroatoms. The van der Waals surface area contributed by atoms with Crippen molar-refractivity contribution in [2.45, 2.75) is 32.9 Å². The molecule has 1 aromatic heterocycles. The molecule has 0 bridgehead atoms. The van der Waals surface area contributed by atoms with Gasteiger partial charge >= 0.3 is 14.4 Å². The topological polar surface area (TPSA) is 56.4 Å². The SMILES string of the molecule is CC(C)OC(=O)C(C)N[P@@](Oc1ccccc1)n1cc[n+](C)c1. The van der Waals surface area contributed by atoms with Gasteiger partial charge in [-0.25, -0.2) is 9.65 Å². The van der Waals surface area contributed by atoms with E-state index in [1.165, 1.54) is 0 Å². The van der Waals surface area contributed by atoms with Crippen LogP contribution in [0.4, 0.5) is 0 Å². The molecule has 0 aliphatic carbocycles. The van der Waals surface area contributed by atoms with E-state index in [0.717, 1.165) is 5.75 Å². The molecule has 23 heavy (non-hydrogen) atoms. The molecule has 1 aromatic carbocycles. The van der Waals surface area contributed by atoms with E-state index in [9.17, 15) is 4.79 Å². The molecule has 2 rings (SSSR count). The summed E-state index contributed by atoms with van der Waals surface area (Å²) in [5.41, 5.74) is 0. The number of aromatic nitrogens is 2. The van der Waals surface area contributed by atoms with Crippen LogP contribution in [0.1, 0.15) is 20.8 Å². The van der Waals surface area contributed by atoms with Crippen LogP contribution in [0.3, 0.4) is 0 Å². The molecule has 1 unspecified atom stereocenters. The normalized spacial score (nSPS) is 13.6. The van der Waals surface area contributed by atoms with Crippen molar-refractivity contribution in [3.8, 4) is 5.75 Å². The highest BCUT2D eigenvalue weighted by Gasteiger charge is 2.27. The monoisotopic (exact) mass is 336 g/mol. The smallest absolute Gasteiger partial charge is 0.388 e. The summed E-state index contributed by atoms with van der Waals surface area (Å²) in [7, 11) is 0.670. The average Bonchev–Trinajstić information content (AvgIpc) is 2.93. The van der Waals surface area contributed by atoms with Crippen molar-refractivity contribution in [1.29, 1.82) is 0 Å². The first-order valence-electron chi connectivity index (χ1n) is 7.49. The highest BCUT2D eigenvalue weighted by atomic mass is 31.2. The quantitative estimate of drug-likeness (QED) is 0.479. The number of para-hydroxylation sites is 1. The molecular weight excluding hydrogens is 313 g/mol. The van der Waals surface area contributed by atoms with Crippen LogP contribution in [0, 0.1) is 0 Å². The Morgan fingerprint density at radius 2 is 1.96 bits per heavy atom. The maximum absolute atomic E-state index is 12.0. The first kappa shape index (κ1) is 17.4. The van der Waals surface area contributed by atoms with E-state index in [4.69, 9.17) is 9.26 Å². The number of nitrogens with one attached hydrogen (secondary N) is 1. The third-order valence-electron chi connectivity index (χ3n) is 2.91. The summed E-state index contributed by atoms with van der Waals surface area (Å²) in [5.74, 6) is 0.451. The molecule has 0 fully saturated rings. The Morgan fingerprint density at radius 1 is 1.26 bits per heavy atom. The summed E-state index contributed by atoms with van der Waals surface area (Å²) in [5, 5.41) is 3.22. The second-order valence-electron chi connectivity index (χ2n) is 5.47. The summed E-state index contributed by atoms with van der Waals surface area (Å²) < 4.78 is 15.1. The number of ether oxygens (including phenoxy) is 1. The first-order chi connectivity index (χ1) is 11.0. The van der Waals surface area contributed by atoms with Crippen molar-refractivity contribution in [3.05, 3.63) is 49.1 Å². The molecular formula is C16H23N3O3P+. The van der Waals surface area contributed by atoms with E-state index in [0.29, 0.717) is 0 Å². The summed E-state index contributed by atoms with van der Waals surface area (Å²) in [6.07, 6.45) is 5.59. The summed E-state index contributed by atoms with van der Waals surface area (Å²) in [6.45, 7) is 5.44. The number of aryl methyl sites for hydroxylation is 1. The highest BCUT2D eigenvalue weighted by molar-refractivity contribution is 7.49. The average molecular weight is 336 g/mol. The van der Waals surface area contributed by atoms with E-state index >= 15 is 0 Å². The zero-order valence-electron chi connectivity index (χ0n) is 13.8. The molecule has 0 aliphatic heterocycles. The molecule has 0 saturated carbocycles. The van der Waals surface area contributed by atoms with Crippen LogP contribution in [0.15, 0.2) is 49.1 Å². The molecule has 1 N–H and O–H groups in total. The number of imidazole rings is 1. The third-order valence-corrected chi connectivity index (χ3v) is 4.56. The van der Waals surface area contributed by atoms with Crippen LogP contribution in [0.5, 0.6) is 5.75 Å². The van der Waals surface area contributed by atoms with Gasteiger partial charge in [-0.2, -0.15) is 4.34 Å². The Morgan fingerprint density at radius 3 is 2.52 bits per heavy atom. The fourth-order valence-corrected chi connectivity index (χ4v) is 3.29. The minimum absolute atomic E-state index is 0.141. The van der Waals surface area contributed by atoms with Crippen molar-refractivity contribution in [2.75, 3.05) is 0 Å². The Hall–Kier alpha value is -1.91. The molecule has 0 amide bonds. The predicted octanol–water partition coefficient (Wildman–Crippen LogP) is 2.40. The maximum Gasteiger partial charge on any atom is 0.388 e. The molecule has 2 aromatic rings. The lowest BCUT2D eigenvalue weighted by Crippen LogP contribution is -2.35. The lowest BCUT2D eigenvalue weighted by molar-refractivity contribution is -0.670. The van der Waals surface area contributed by atoms with Gasteiger partial charge in [0.1, 0.15) is 24.2 Å². The number of hydrogen-bond donors (Lipinski definition) is 1. The largest absolute Gasteiger partial charge is 0.462 e. The Labute approximate surface area is 138 Å². The molecule has 1 heterocycles. The van der Waals surface area contributed by atoms with Crippen LogP contribution in [-0.4, -0.2) is 22.5 Å². The van der Waals surface area contributed by atoms with Gasteiger partial charge in [-0.3, -0.25) is 4.79 Å². The van der Waals surface area contributed by atoms with Crippen molar-refractivity contribution in [1.82, 2.24) is 9.42 Å². The van der Waals surface area contributed by atoms with Gasteiger partial charge in [-0.1, -0.05) is 18.2 Å². The highest BCUT2D eigenvalue weighted by Crippen LogP contribution is 2.35. The molecule has 124 valence electrons. The van der Waals surface area contributed by atoms with E-state index in [1.54, 1.807) is 6.92 Å². The first-order valence-corrected chi connectivity index (χ1v) is 8.70. The lowest BCUT2D eigenvalue weighted by Gasteiger charge is -2.19. The van der Waals surface area contributed by atoms with Gasteiger partial charge in [0, 0.05) is 0 Å². The van der Waals surface area contributed by atoms with Crippen molar-refractivity contribution >= 4 is 14.4 Å². The molecule has 0 spiro atoms. The van der Waals surface area contributed by atoms with Gasteiger partial charge in [-0.15, -0.1) is 0 Å². The zero-order valence-corrected chi connectivity index (χ0v) is 14.7. The van der Waals surface area contributed by atoms with Gasteiger partial charge in [0.05, 0.1) is 13.2 Å². The van der Waals surface area contributed by atoms with Gasteiger partial charge in [-0.05, 0) is 32.9 Å². The Kier molecular flexibility index (Phi) is 6.13. The van der Waals surface area contributed by atoms with Crippen LogP contribution in [0.25, 0.3) is 0 Å². The molecule has 6 nitrogen and oxygen atoms in total. The van der Waals surface area contributed by atoms with Gasteiger partial charge < -0.3 is 9.26 Å². The van der Waals surface area contributed by atoms with Crippen LogP contribution in [0.2, 0.25) is 0 Å². The number of carbonyl (C=O) groups excluding carboxylic acids is 1. The van der Waals surface area contributed by atoms with Crippen molar-refractivity contribution < 1.29 is 18.6 Å². The summed E-state index contributed by atoms with van der Waals surface area (Å²) in [4.78, 5) is 12.0. The fraction of sp³-hybridized carbons (Fsp3) is 0.375. The van der Waals surface area contributed by atoms with Crippen molar-refractivity contribution in [2.24, 2.45) is 7.05 Å². The minimum Gasteiger partial charge on any atom is -0.462 e. The second-order valence-corrected chi connectivity index (χ2v) is 6.92. The number of rotatable bonds is 7. The second kappa shape index (κ2) is 8.09. The third kappa shape index (κ3) is 5.34. The van der Waals surface area contributed by atoms with Gasteiger partial charge in [0.25, 0.3) is 0 Å². The number of benzene rings is 1. The number of esters is 1. The number of hydrogen-bond acceptors (Lipinski definition) is 4. The van der Waals surface area contributed by atoms with Gasteiger partial charge in [0.15, 0.2) is 0 Å². The maximum atomic E-state index is 12.0. The van der Waals surface area contributed by atoms with Crippen molar-refractivity contribution in [3.63, 3.8) is 0 Å². The molecule has 2 atom stereocenters. The molecule has 0 aliphatic rings. The van der Waals surface area contributed by atoms with E-state index in [2.05, 4.69) is 5.09 Å². The standard InChI is InChI=1S/C16H23N3O3P/c1-13(2)21-16(20)14(3)17-23(19-11-10-18(4)12-19)22-15-8-6-5-7-9-15/h5-14,17H,1-4H3/q+1/t14?,23-/m1/s1. The summed E-state index contributed by atoms with van der Waals surface area (Å²) >= 11 is 0. The van der Waals surface area contributed by atoms with Crippen LogP contribution >= 0.6 is 8.45 Å². The lowest BCUT2D eigenvalue weighted by atomic mass is 10.3.